The van der Waals surface area contributed by atoms with Gasteiger partial charge in [0.15, 0.2) is 17.4 Å². The number of rotatable bonds is 3. The van der Waals surface area contributed by atoms with Crippen LogP contribution in [-0.2, 0) is 0 Å². The maximum atomic E-state index is 11.8. The van der Waals surface area contributed by atoms with Crippen molar-refractivity contribution < 1.29 is 9.21 Å². The Hall–Kier alpha value is -3.09. The number of H-pyrrole nitrogens is 1. The van der Waals surface area contributed by atoms with E-state index in [0.29, 0.717) is 17.0 Å². The van der Waals surface area contributed by atoms with Crippen LogP contribution in [0.2, 0.25) is 0 Å². The number of amidine groups is 1. The van der Waals surface area contributed by atoms with Gasteiger partial charge in [-0.3, -0.25) is 10.2 Å². The highest BCUT2D eigenvalue weighted by molar-refractivity contribution is 6.03. The summed E-state index contributed by atoms with van der Waals surface area (Å²) < 4.78 is 5.01. The van der Waals surface area contributed by atoms with Gasteiger partial charge in [0.25, 0.3) is 5.91 Å². The van der Waals surface area contributed by atoms with Crippen molar-refractivity contribution in [3.8, 4) is 0 Å². The predicted octanol–water partition coefficient (Wildman–Crippen LogP) is 1.69. The molecule has 7 heteroatoms. The van der Waals surface area contributed by atoms with Gasteiger partial charge in [0.2, 0.25) is 0 Å². The lowest BCUT2D eigenvalue weighted by Crippen LogP contribution is -2.12. The summed E-state index contributed by atoms with van der Waals surface area (Å²) in [5, 5.41) is 10.0. The molecule has 0 spiro atoms. The average Bonchev–Trinajstić information content (AvgIpc) is 3.07. The Morgan fingerprint density at radius 1 is 1.40 bits per heavy atom. The molecule has 1 amide bonds. The fourth-order valence-corrected chi connectivity index (χ4v) is 1.81. The highest BCUT2D eigenvalue weighted by atomic mass is 16.3. The number of nitrogens with zero attached hydrogens (tertiary/aromatic N) is 1. The summed E-state index contributed by atoms with van der Waals surface area (Å²) in [5.74, 6) is 0.0603. The Bertz CT molecular complexity index is 788. The van der Waals surface area contributed by atoms with Crippen molar-refractivity contribution in [2.45, 2.75) is 0 Å². The molecule has 2 heterocycles. The molecule has 0 aliphatic heterocycles. The molecule has 20 heavy (non-hydrogen) atoms. The third-order valence-corrected chi connectivity index (χ3v) is 2.74. The molecule has 0 unspecified atom stereocenters. The maximum Gasteiger partial charge on any atom is 0.291 e. The number of nitrogen functional groups attached to an aromatic ring is 1. The fourth-order valence-electron chi connectivity index (χ4n) is 1.81. The molecule has 7 nitrogen and oxygen atoms in total. The zero-order valence-corrected chi connectivity index (χ0v) is 10.3. The van der Waals surface area contributed by atoms with Gasteiger partial charge in [0.05, 0.1) is 17.3 Å². The first-order chi connectivity index (χ1) is 9.63. The monoisotopic (exact) mass is 269 g/mol. The number of hydrogen-bond acceptors (Lipinski definition) is 4. The van der Waals surface area contributed by atoms with E-state index in [2.05, 4.69) is 15.3 Å². The van der Waals surface area contributed by atoms with Gasteiger partial charge in [-0.25, -0.2) is 4.98 Å². The second-order valence-electron chi connectivity index (χ2n) is 4.16. The summed E-state index contributed by atoms with van der Waals surface area (Å²) in [7, 11) is 0. The Balaban J connectivity index is 1.89. The second-order valence-corrected chi connectivity index (χ2v) is 4.16. The van der Waals surface area contributed by atoms with Gasteiger partial charge in [0, 0.05) is 5.69 Å². The number of nitrogens with one attached hydrogen (secondary N) is 3. The highest BCUT2D eigenvalue weighted by Gasteiger charge is 2.10. The average molecular weight is 269 g/mol. The van der Waals surface area contributed by atoms with Crippen LogP contribution in [0.3, 0.4) is 0 Å². The van der Waals surface area contributed by atoms with E-state index in [4.69, 9.17) is 15.6 Å². The third-order valence-electron chi connectivity index (χ3n) is 2.74. The minimum atomic E-state index is -0.336. The van der Waals surface area contributed by atoms with E-state index >= 15 is 0 Å². The smallest absolute Gasteiger partial charge is 0.291 e. The van der Waals surface area contributed by atoms with Crippen LogP contribution in [0, 0.1) is 5.41 Å². The van der Waals surface area contributed by atoms with Crippen molar-refractivity contribution in [3.05, 3.63) is 48.2 Å². The Morgan fingerprint density at radius 3 is 2.95 bits per heavy atom. The van der Waals surface area contributed by atoms with Gasteiger partial charge < -0.3 is 20.5 Å². The van der Waals surface area contributed by atoms with Crippen LogP contribution in [0.25, 0.3) is 11.0 Å². The number of furan rings is 1. The number of amides is 1. The molecule has 0 aliphatic carbocycles. The summed E-state index contributed by atoms with van der Waals surface area (Å²) >= 11 is 0. The van der Waals surface area contributed by atoms with Gasteiger partial charge in [-0.15, -0.1) is 0 Å². The number of carbonyl (C=O) groups is 1. The zero-order chi connectivity index (χ0) is 14.1. The van der Waals surface area contributed by atoms with Crippen LogP contribution in [0.15, 0.2) is 41.0 Å². The van der Waals surface area contributed by atoms with Crippen molar-refractivity contribution >= 4 is 28.5 Å². The number of aromatic nitrogens is 2. The van der Waals surface area contributed by atoms with Gasteiger partial charge in [-0.2, -0.15) is 0 Å². The van der Waals surface area contributed by atoms with E-state index < -0.39 is 0 Å². The number of imidazole rings is 1. The molecule has 0 radical (unpaired) electrons. The molecular weight excluding hydrogens is 258 g/mol. The molecular formula is C13H11N5O2. The normalized spacial score (nSPS) is 10.6. The molecule has 0 fully saturated rings. The number of aromatic amines is 1. The van der Waals surface area contributed by atoms with Crippen LogP contribution in [0.1, 0.15) is 16.4 Å². The number of carbonyl (C=O) groups excluding carboxylic acids is 1. The lowest BCUT2D eigenvalue weighted by atomic mass is 10.2. The molecule has 3 aromatic rings. The SMILES string of the molecule is N=C(N)c1nc2cc(NC(=O)c3ccco3)ccc2[nH]1. The van der Waals surface area contributed by atoms with Crippen LogP contribution in [0.5, 0.6) is 0 Å². The van der Waals surface area contributed by atoms with Crippen molar-refractivity contribution in [2.24, 2.45) is 5.73 Å². The van der Waals surface area contributed by atoms with Gasteiger partial charge in [-0.1, -0.05) is 0 Å². The second kappa shape index (κ2) is 4.54. The maximum absolute atomic E-state index is 11.8. The molecule has 5 N–H and O–H groups in total. The minimum absolute atomic E-state index is 0.137. The summed E-state index contributed by atoms with van der Waals surface area (Å²) in [6.07, 6.45) is 1.44. The Labute approximate surface area is 113 Å². The summed E-state index contributed by atoms with van der Waals surface area (Å²) in [6, 6.07) is 8.40. The van der Waals surface area contributed by atoms with E-state index in [1.807, 2.05) is 0 Å². The lowest BCUT2D eigenvalue weighted by molar-refractivity contribution is 0.0996. The minimum Gasteiger partial charge on any atom is -0.459 e. The summed E-state index contributed by atoms with van der Waals surface area (Å²) in [6.45, 7) is 0. The standard InChI is InChI=1S/C13H11N5O2/c14-11(15)12-17-8-4-3-7(6-9(8)18-12)16-13(19)10-2-1-5-20-10/h1-6H,(H3,14,15)(H,16,19)(H,17,18). The van der Waals surface area contributed by atoms with E-state index in [9.17, 15) is 4.79 Å². The first-order valence-corrected chi connectivity index (χ1v) is 5.82. The van der Waals surface area contributed by atoms with Crippen LogP contribution < -0.4 is 11.1 Å². The van der Waals surface area contributed by atoms with Crippen molar-refractivity contribution in [1.82, 2.24) is 9.97 Å². The number of hydrogen-bond donors (Lipinski definition) is 4. The molecule has 0 saturated carbocycles. The quantitative estimate of drug-likeness (QED) is 0.427. The van der Waals surface area contributed by atoms with E-state index in [-0.39, 0.29) is 17.5 Å². The Morgan fingerprint density at radius 2 is 2.25 bits per heavy atom. The van der Waals surface area contributed by atoms with Crippen LogP contribution >= 0.6 is 0 Å². The number of fused-ring (bicyclic) bond motifs is 1. The number of anilines is 1. The third kappa shape index (κ3) is 2.12. The molecule has 3 rings (SSSR count). The molecule has 0 atom stereocenters. The molecule has 0 bridgehead atoms. The molecule has 2 aromatic heterocycles. The van der Waals surface area contributed by atoms with Crippen LogP contribution in [-0.4, -0.2) is 21.7 Å². The van der Waals surface area contributed by atoms with Gasteiger partial charge >= 0.3 is 0 Å². The summed E-state index contributed by atoms with van der Waals surface area (Å²) in [5.41, 5.74) is 7.31. The number of nitrogens with two attached hydrogens (primary N) is 1. The van der Waals surface area contributed by atoms with Crippen molar-refractivity contribution in [2.75, 3.05) is 5.32 Å². The predicted molar refractivity (Wildman–Crippen MR) is 73.8 cm³/mol. The van der Waals surface area contributed by atoms with Crippen LogP contribution in [0.4, 0.5) is 5.69 Å². The van der Waals surface area contributed by atoms with Gasteiger partial charge in [-0.05, 0) is 30.3 Å². The first-order valence-electron chi connectivity index (χ1n) is 5.82. The Kier molecular flexibility index (Phi) is 2.72. The molecule has 100 valence electrons. The van der Waals surface area contributed by atoms with Gasteiger partial charge in [0.1, 0.15) is 0 Å². The molecule has 0 aliphatic rings. The van der Waals surface area contributed by atoms with E-state index in [1.165, 1.54) is 6.26 Å². The molecule has 1 aromatic carbocycles. The van der Waals surface area contributed by atoms with E-state index in [0.717, 1.165) is 5.52 Å². The summed E-state index contributed by atoms with van der Waals surface area (Å²) in [4.78, 5) is 18.9. The van der Waals surface area contributed by atoms with E-state index in [1.54, 1.807) is 30.3 Å². The number of benzene rings is 1. The fraction of sp³-hybridized carbons (Fsp3) is 0. The molecule has 0 saturated heterocycles. The largest absolute Gasteiger partial charge is 0.459 e. The topological polar surface area (TPSA) is 121 Å². The van der Waals surface area contributed by atoms with Crippen molar-refractivity contribution in [1.29, 1.82) is 5.41 Å². The zero-order valence-electron chi connectivity index (χ0n) is 10.3. The highest BCUT2D eigenvalue weighted by Crippen LogP contribution is 2.18. The lowest BCUT2D eigenvalue weighted by Gasteiger charge is -2.02. The first kappa shape index (κ1) is 12.0. The van der Waals surface area contributed by atoms with Crippen molar-refractivity contribution in [3.63, 3.8) is 0 Å².